The molecule has 3 aromatic carbocycles. The monoisotopic (exact) mass is 375 g/mol. The number of fused-ring (bicyclic) bond motifs is 2. The zero-order chi connectivity index (χ0) is 19.5. The van der Waals surface area contributed by atoms with Gasteiger partial charge in [-0.2, -0.15) is 0 Å². The molecule has 0 fully saturated rings. The fourth-order valence-electron chi connectivity index (χ4n) is 3.70. The first-order valence-electron chi connectivity index (χ1n) is 9.30. The minimum absolute atomic E-state index is 0.210. The third-order valence-corrected chi connectivity index (χ3v) is 5.06. The number of esters is 1. The molecule has 0 saturated heterocycles. The number of benzene rings is 3. The molecule has 5 nitrogen and oxygen atoms in total. The van der Waals surface area contributed by atoms with E-state index >= 15 is 0 Å². The van der Waals surface area contributed by atoms with Gasteiger partial charge in [-0.15, -0.1) is 0 Å². The van der Waals surface area contributed by atoms with E-state index < -0.39 is 5.97 Å². The second-order valence-electron chi connectivity index (χ2n) is 6.71. The Morgan fingerprint density at radius 3 is 2.54 bits per heavy atom. The predicted molar refractivity (Wildman–Crippen MR) is 108 cm³/mol. The number of hydrogen-bond acceptors (Lipinski definition) is 4. The van der Waals surface area contributed by atoms with Crippen molar-refractivity contribution in [3.63, 3.8) is 0 Å². The molecule has 4 rings (SSSR count). The Balaban J connectivity index is 1.51. The number of aryl methyl sites for hydroxylation is 1. The van der Waals surface area contributed by atoms with E-state index in [1.165, 1.54) is 0 Å². The summed E-state index contributed by atoms with van der Waals surface area (Å²) in [6.07, 6.45) is 1.86. The molecule has 0 aliphatic carbocycles. The minimum atomic E-state index is -0.516. The van der Waals surface area contributed by atoms with E-state index in [9.17, 15) is 9.59 Å². The number of hydrogen-bond donors (Lipinski definition) is 0. The van der Waals surface area contributed by atoms with Crippen LogP contribution >= 0.6 is 0 Å². The second kappa shape index (κ2) is 7.72. The van der Waals surface area contributed by atoms with Crippen molar-refractivity contribution in [1.29, 1.82) is 0 Å². The molecule has 3 aromatic rings. The summed E-state index contributed by atoms with van der Waals surface area (Å²) in [5, 5.41) is 1.57. The van der Waals surface area contributed by atoms with E-state index in [4.69, 9.17) is 9.47 Å². The maximum absolute atomic E-state index is 12.7. The zero-order valence-electron chi connectivity index (χ0n) is 15.7. The molecule has 142 valence electrons. The average Bonchev–Trinajstić information content (AvgIpc) is 2.76. The Morgan fingerprint density at radius 2 is 1.71 bits per heavy atom. The fourth-order valence-corrected chi connectivity index (χ4v) is 3.70. The third-order valence-electron chi connectivity index (χ3n) is 5.06. The Morgan fingerprint density at radius 1 is 0.964 bits per heavy atom. The van der Waals surface area contributed by atoms with Gasteiger partial charge in [0, 0.05) is 17.6 Å². The van der Waals surface area contributed by atoms with E-state index in [1.54, 1.807) is 24.1 Å². The first-order valence-corrected chi connectivity index (χ1v) is 9.30. The van der Waals surface area contributed by atoms with Crippen LogP contribution in [0.15, 0.2) is 60.7 Å². The molecule has 0 radical (unpaired) electrons. The van der Waals surface area contributed by atoms with Gasteiger partial charge in [-0.3, -0.25) is 4.79 Å². The summed E-state index contributed by atoms with van der Waals surface area (Å²) in [7, 11) is 1.59. The van der Waals surface area contributed by atoms with Crippen LogP contribution < -0.4 is 9.64 Å². The molecular weight excluding hydrogens is 354 g/mol. The lowest BCUT2D eigenvalue weighted by Gasteiger charge is -2.29. The number of carbonyl (C=O) groups excluding carboxylic acids is 2. The van der Waals surface area contributed by atoms with E-state index in [0.717, 1.165) is 34.9 Å². The summed E-state index contributed by atoms with van der Waals surface area (Å²) < 4.78 is 10.7. The number of anilines is 1. The standard InChI is InChI=1S/C23H21NO4/c1-27-21-13-12-19(17-9-3-4-10-18(17)21)23(26)28-15-22(25)24-14-6-8-16-7-2-5-11-20(16)24/h2-5,7,9-13H,6,8,14-15H2,1H3. The van der Waals surface area contributed by atoms with Crippen molar-refractivity contribution >= 4 is 28.3 Å². The molecule has 0 bridgehead atoms. The van der Waals surface area contributed by atoms with Gasteiger partial charge in [0.15, 0.2) is 6.61 Å². The van der Waals surface area contributed by atoms with Gasteiger partial charge in [-0.25, -0.2) is 4.79 Å². The number of methoxy groups -OCH3 is 1. The van der Waals surface area contributed by atoms with Crippen LogP contribution in [0.3, 0.4) is 0 Å². The minimum Gasteiger partial charge on any atom is -0.496 e. The maximum Gasteiger partial charge on any atom is 0.339 e. The van der Waals surface area contributed by atoms with E-state index in [1.807, 2.05) is 48.5 Å². The van der Waals surface area contributed by atoms with Crippen LogP contribution in [0.1, 0.15) is 22.3 Å². The lowest BCUT2D eigenvalue weighted by Crippen LogP contribution is -2.38. The van der Waals surface area contributed by atoms with Gasteiger partial charge in [0.1, 0.15) is 5.75 Å². The molecule has 1 heterocycles. The molecule has 0 N–H and O–H groups in total. The third kappa shape index (κ3) is 3.31. The molecule has 0 unspecified atom stereocenters. The highest BCUT2D eigenvalue weighted by atomic mass is 16.5. The van der Waals surface area contributed by atoms with Gasteiger partial charge in [0.2, 0.25) is 0 Å². The smallest absolute Gasteiger partial charge is 0.339 e. The number of ether oxygens (including phenoxy) is 2. The fraction of sp³-hybridized carbons (Fsp3) is 0.217. The Labute approximate surface area is 163 Å². The molecule has 28 heavy (non-hydrogen) atoms. The summed E-state index contributed by atoms with van der Waals surface area (Å²) >= 11 is 0. The van der Waals surface area contributed by atoms with Gasteiger partial charge in [0.25, 0.3) is 5.91 Å². The van der Waals surface area contributed by atoms with Gasteiger partial charge in [-0.05, 0) is 42.0 Å². The van der Waals surface area contributed by atoms with Gasteiger partial charge >= 0.3 is 5.97 Å². The summed E-state index contributed by atoms with van der Waals surface area (Å²) in [6.45, 7) is 0.354. The zero-order valence-corrected chi connectivity index (χ0v) is 15.7. The molecule has 0 spiro atoms. The number of carbonyl (C=O) groups is 2. The summed E-state index contributed by atoms with van der Waals surface area (Å²) in [5.74, 6) is -0.0380. The van der Waals surface area contributed by atoms with Crippen molar-refractivity contribution in [3.8, 4) is 5.75 Å². The second-order valence-corrected chi connectivity index (χ2v) is 6.71. The van der Waals surface area contributed by atoms with Crippen LogP contribution in [-0.4, -0.2) is 32.1 Å². The number of nitrogens with zero attached hydrogens (tertiary/aromatic N) is 1. The average molecular weight is 375 g/mol. The highest BCUT2D eigenvalue weighted by Crippen LogP contribution is 2.29. The predicted octanol–water partition coefficient (Wildman–Crippen LogP) is 3.98. The molecular formula is C23H21NO4. The largest absolute Gasteiger partial charge is 0.496 e. The SMILES string of the molecule is COc1ccc(C(=O)OCC(=O)N2CCCc3ccccc32)c2ccccc12. The Kier molecular flexibility index (Phi) is 4.98. The van der Waals surface area contributed by atoms with Crippen LogP contribution in [0.4, 0.5) is 5.69 Å². The Hall–Kier alpha value is -3.34. The van der Waals surface area contributed by atoms with Crippen LogP contribution in [0.5, 0.6) is 5.75 Å². The van der Waals surface area contributed by atoms with Gasteiger partial charge in [0.05, 0.1) is 12.7 Å². The van der Waals surface area contributed by atoms with Crippen molar-refractivity contribution < 1.29 is 19.1 Å². The van der Waals surface area contributed by atoms with Gasteiger partial charge < -0.3 is 14.4 Å². The summed E-state index contributed by atoms with van der Waals surface area (Å²) in [5.41, 5.74) is 2.47. The molecule has 0 aromatic heterocycles. The number of amides is 1. The van der Waals surface area contributed by atoms with Crippen molar-refractivity contribution in [2.24, 2.45) is 0 Å². The van der Waals surface area contributed by atoms with Crippen LogP contribution in [0, 0.1) is 0 Å². The quantitative estimate of drug-likeness (QED) is 0.647. The van der Waals surface area contributed by atoms with Crippen LogP contribution in [0.25, 0.3) is 10.8 Å². The van der Waals surface area contributed by atoms with E-state index in [-0.39, 0.29) is 12.5 Å². The van der Waals surface area contributed by atoms with Crippen molar-refractivity contribution in [2.45, 2.75) is 12.8 Å². The molecule has 5 heteroatoms. The molecule has 1 aliphatic rings. The lowest BCUT2D eigenvalue weighted by atomic mass is 10.0. The lowest BCUT2D eigenvalue weighted by molar-refractivity contribution is -0.121. The van der Waals surface area contributed by atoms with E-state index in [2.05, 4.69) is 0 Å². The van der Waals surface area contributed by atoms with Crippen molar-refractivity contribution in [3.05, 3.63) is 71.8 Å². The number of para-hydroxylation sites is 1. The van der Waals surface area contributed by atoms with E-state index in [0.29, 0.717) is 17.9 Å². The maximum atomic E-state index is 12.7. The van der Waals surface area contributed by atoms with Crippen molar-refractivity contribution in [2.75, 3.05) is 25.2 Å². The first-order chi connectivity index (χ1) is 13.7. The molecule has 1 amide bonds. The van der Waals surface area contributed by atoms with Crippen molar-refractivity contribution in [1.82, 2.24) is 0 Å². The normalized spacial score (nSPS) is 13.1. The van der Waals surface area contributed by atoms with Crippen LogP contribution in [0.2, 0.25) is 0 Å². The first kappa shape index (κ1) is 18.0. The summed E-state index contributed by atoms with van der Waals surface area (Å²) in [6, 6.07) is 18.7. The molecule has 0 atom stereocenters. The highest BCUT2D eigenvalue weighted by molar-refractivity contribution is 6.07. The van der Waals surface area contributed by atoms with Crippen LogP contribution in [-0.2, 0) is 16.0 Å². The molecule has 0 saturated carbocycles. The molecule has 1 aliphatic heterocycles. The summed E-state index contributed by atoms with van der Waals surface area (Å²) in [4.78, 5) is 27.1. The highest BCUT2D eigenvalue weighted by Gasteiger charge is 2.23. The van der Waals surface area contributed by atoms with Gasteiger partial charge in [-0.1, -0.05) is 42.5 Å². The Bertz CT molecular complexity index is 1040. The topological polar surface area (TPSA) is 55.8 Å². The number of rotatable bonds is 4.